The molecule has 3 rings (SSSR count). The van der Waals surface area contributed by atoms with Crippen molar-refractivity contribution in [3.63, 3.8) is 0 Å². The smallest absolute Gasteiger partial charge is 0.347 e. The number of carbonyl (C=O) groups is 1. The summed E-state index contributed by atoms with van der Waals surface area (Å²) in [6.07, 6.45) is -2.67. The molecule has 3 aromatic rings. The molecule has 0 aliphatic rings. The molecule has 7 heteroatoms. The first-order chi connectivity index (χ1) is 11.8. The normalized spacial score (nSPS) is 11.7. The second kappa shape index (κ2) is 6.23. The molecular weight excluding hydrogens is 331 g/mol. The predicted octanol–water partition coefficient (Wildman–Crippen LogP) is 3.90. The molecule has 0 aliphatic carbocycles. The zero-order chi connectivity index (χ0) is 18.2. The number of rotatable bonds is 3. The van der Waals surface area contributed by atoms with Gasteiger partial charge in [-0.25, -0.2) is 4.98 Å². The quantitative estimate of drug-likeness (QED) is 0.781. The van der Waals surface area contributed by atoms with Crippen molar-refractivity contribution in [1.82, 2.24) is 14.7 Å². The zero-order valence-corrected chi connectivity index (χ0v) is 13.7. The highest BCUT2D eigenvalue weighted by Crippen LogP contribution is 2.29. The highest BCUT2D eigenvalue weighted by atomic mass is 19.4. The Morgan fingerprint density at radius 2 is 1.96 bits per heavy atom. The van der Waals surface area contributed by atoms with Gasteiger partial charge in [0.15, 0.2) is 0 Å². The third kappa shape index (κ3) is 3.35. The summed E-state index contributed by atoms with van der Waals surface area (Å²) in [7, 11) is 0. The van der Waals surface area contributed by atoms with Crippen LogP contribution in [0.15, 0.2) is 42.6 Å². The van der Waals surface area contributed by atoms with E-state index in [1.807, 2.05) is 19.1 Å². The number of hydrogen-bond acceptors (Lipinski definition) is 2. The maximum Gasteiger partial charge on any atom is 0.416 e. The standard InChI is InChI=1S/C18H16F3N3O/c1-11-5-4-8-24-15(12(2)23-16(11)24)17(25)22-10-13-6-3-7-14(9-13)18(19,20)21/h3-9H,10H2,1-2H3,(H,22,25). The van der Waals surface area contributed by atoms with Crippen molar-refractivity contribution in [2.75, 3.05) is 0 Å². The van der Waals surface area contributed by atoms with Crippen molar-refractivity contribution in [3.05, 3.63) is 70.7 Å². The minimum absolute atomic E-state index is 0.00123. The van der Waals surface area contributed by atoms with E-state index in [4.69, 9.17) is 0 Å². The fourth-order valence-electron chi connectivity index (χ4n) is 2.71. The number of amides is 1. The van der Waals surface area contributed by atoms with Gasteiger partial charge in [0.25, 0.3) is 5.91 Å². The second-order valence-electron chi connectivity index (χ2n) is 5.81. The molecule has 0 radical (unpaired) electrons. The number of nitrogens with one attached hydrogen (secondary N) is 1. The van der Waals surface area contributed by atoms with Crippen molar-refractivity contribution in [2.45, 2.75) is 26.6 Å². The maximum absolute atomic E-state index is 12.8. The molecule has 1 aromatic carbocycles. The van der Waals surface area contributed by atoms with Gasteiger partial charge in [0.2, 0.25) is 0 Å². The lowest BCUT2D eigenvalue weighted by Crippen LogP contribution is -2.25. The third-order valence-electron chi connectivity index (χ3n) is 3.94. The molecule has 1 amide bonds. The lowest BCUT2D eigenvalue weighted by molar-refractivity contribution is -0.137. The first kappa shape index (κ1) is 17.0. The molecule has 130 valence electrons. The van der Waals surface area contributed by atoms with Crippen molar-refractivity contribution >= 4 is 11.6 Å². The largest absolute Gasteiger partial charge is 0.416 e. The Morgan fingerprint density at radius 3 is 2.68 bits per heavy atom. The molecule has 0 unspecified atom stereocenters. The van der Waals surface area contributed by atoms with Crippen molar-refractivity contribution in [2.24, 2.45) is 0 Å². The highest BCUT2D eigenvalue weighted by molar-refractivity contribution is 5.94. The number of carbonyl (C=O) groups excluding carboxylic acids is 1. The van der Waals surface area contributed by atoms with Gasteiger partial charge < -0.3 is 5.32 Å². The number of imidazole rings is 1. The van der Waals surface area contributed by atoms with E-state index in [9.17, 15) is 18.0 Å². The van der Waals surface area contributed by atoms with Crippen LogP contribution < -0.4 is 5.32 Å². The van der Waals surface area contributed by atoms with Gasteiger partial charge in [0.05, 0.1) is 11.3 Å². The Morgan fingerprint density at radius 1 is 1.20 bits per heavy atom. The van der Waals surface area contributed by atoms with E-state index >= 15 is 0 Å². The van der Waals surface area contributed by atoms with E-state index < -0.39 is 11.7 Å². The van der Waals surface area contributed by atoms with Crippen LogP contribution in [-0.4, -0.2) is 15.3 Å². The maximum atomic E-state index is 12.8. The number of nitrogens with zero attached hydrogens (tertiary/aromatic N) is 2. The van der Waals surface area contributed by atoms with E-state index in [2.05, 4.69) is 10.3 Å². The molecule has 0 atom stereocenters. The number of hydrogen-bond donors (Lipinski definition) is 1. The summed E-state index contributed by atoms with van der Waals surface area (Å²) in [4.78, 5) is 16.9. The fraction of sp³-hybridized carbons (Fsp3) is 0.222. The Kier molecular flexibility index (Phi) is 4.24. The van der Waals surface area contributed by atoms with E-state index in [0.29, 0.717) is 22.6 Å². The highest BCUT2D eigenvalue weighted by Gasteiger charge is 2.30. The molecule has 25 heavy (non-hydrogen) atoms. The molecule has 4 nitrogen and oxygen atoms in total. The van der Waals surface area contributed by atoms with Crippen molar-refractivity contribution in [3.8, 4) is 0 Å². The Balaban J connectivity index is 1.82. The average molecular weight is 347 g/mol. The first-order valence-corrected chi connectivity index (χ1v) is 7.66. The average Bonchev–Trinajstić information content (AvgIpc) is 2.90. The van der Waals surface area contributed by atoms with Crippen LogP contribution in [0.1, 0.15) is 32.9 Å². The lowest BCUT2D eigenvalue weighted by atomic mass is 10.1. The van der Waals surface area contributed by atoms with Crippen LogP contribution in [0.5, 0.6) is 0 Å². The van der Waals surface area contributed by atoms with Crippen molar-refractivity contribution < 1.29 is 18.0 Å². The minimum Gasteiger partial charge on any atom is -0.347 e. The van der Waals surface area contributed by atoms with Crippen LogP contribution in [0.3, 0.4) is 0 Å². The Bertz CT molecular complexity index is 944. The van der Waals surface area contributed by atoms with Gasteiger partial charge in [-0.05, 0) is 43.2 Å². The first-order valence-electron chi connectivity index (χ1n) is 7.66. The monoisotopic (exact) mass is 347 g/mol. The van der Waals surface area contributed by atoms with Crippen LogP contribution in [0.4, 0.5) is 13.2 Å². The summed E-state index contributed by atoms with van der Waals surface area (Å²) in [5.74, 6) is -0.381. The third-order valence-corrected chi connectivity index (χ3v) is 3.94. The molecule has 0 aliphatic heterocycles. The van der Waals surface area contributed by atoms with Gasteiger partial charge >= 0.3 is 6.18 Å². The van der Waals surface area contributed by atoms with E-state index in [1.54, 1.807) is 23.6 Å². The summed E-state index contributed by atoms with van der Waals surface area (Å²) in [5, 5.41) is 2.67. The topological polar surface area (TPSA) is 46.4 Å². The lowest BCUT2D eigenvalue weighted by Gasteiger charge is -2.10. The zero-order valence-electron chi connectivity index (χ0n) is 13.7. The van der Waals surface area contributed by atoms with Crippen LogP contribution in [0, 0.1) is 13.8 Å². The molecule has 2 heterocycles. The summed E-state index contributed by atoms with van der Waals surface area (Å²) in [6, 6.07) is 8.61. The SMILES string of the molecule is Cc1nc2c(C)cccn2c1C(=O)NCc1cccc(C(F)(F)F)c1. The van der Waals surface area contributed by atoms with Gasteiger partial charge in [-0.15, -0.1) is 0 Å². The van der Waals surface area contributed by atoms with Gasteiger partial charge in [-0.2, -0.15) is 13.2 Å². The number of alkyl halides is 3. The van der Waals surface area contributed by atoms with E-state index in [0.717, 1.165) is 17.7 Å². The molecule has 0 fully saturated rings. The van der Waals surface area contributed by atoms with Crippen LogP contribution in [-0.2, 0) is 12.7 Å². The molecule has 0 spiro atoms. The predicted molar refractivity (Wildman–Crippen MR) is 87.3 cm³/mol. The van der Waals surface area contributed by atoms with Gasteiger partial charge in [0, 0.05) is 12.7 Å². The van der Waals surface area contributed by atoms with Gasteiger partial charge in [-0.1, -0.05) is 18.2 Å². The van der Waals surface area contributed by atoms with E-state index in [1.165, 1.54) is 6.07 Å². The molecule has 1 N–H and O–H groups in total. The van der Waals surface area contributed by atoms with Gasteiger partial charge in [0.1, 0.15) is 11.3 Å². The molecule has 0 saturated heterocycles. The second-order valence-corrected chi connectivity index (χ2v) is 5.81. The molecular formula is C18H16F3N3O. The number of halogens is 3. The number of fused-ring (bicyclic) bond motifs is 1. The molecule has 0 bridgehead atoms. The summed E-state index contributed by atoms with van der Waals surface area (Å²) >= 11 is 0. The number of pyridine rings is 1. The molecule has 0 saturated carbocycles. The Hall–Kier alpha value is -2.83. The van der Waals surface area contributed by atoms with Crippen molar-refractivity contribution in [1.29, 1.82) is 0 Å². The van der Waals surface area contributed by atoms with Gasteiger partial charge in [-0.3, -0.25) is 9.20 Å². The molecule has 2 aromatic heterocycles. The Labute approximate surface area is 142 Å². The van der Waals surface area contributed by atoms with Crippen LogP contribution in [0.25, 0.3) is 5.65 Å². The number of aryl methyl sites for hydroxylation is 2. The summed E-state index contributed by atoms with van der Waals surface area (Å²) in [5.41, 5.74) is 2.21. The van der Waals surface area contributed by atoms with Crippen LogP contribution in [0.2, 0.25) is 0 Å². The number of benzene rings is 1. The fourth-order valence-corrected chi connectivity index (χ4v) is 2.71. The van der Waals surface area contributed by atoms with Crippen LogP contribution >= 0.6 is 0 Å². The number of aromatic nitrogens is 2. The van der Waals surface area contributed by atoms with E-state index in [-0.39, 0.29) is 12.5 Å². The summed E-state index contributed by atoms with van der Waals surface area (Å²) < 4.78 is 40.0. The summed E-state index contributed by atoms with van der Waals surface area (Å²) in [6.45, 7) is 3.62. The minimum atomic E-state index is -4.41.